The van der Waals surface area contributed by atoms with Crippen molar-refractivity contribution < 1.29 is 4.79 Å². The van der Waals surface area contributed by atoms with E-state index >= 15 is 0 Å². The molecule has 2 rings (SSSR count). The summed E-state index contributed by atoms with van der Waals surface area (Å²) < 4.78 is 0. The fraction of sp³-hybridized carbons (Fsp3) is 0.923. The van der Waals surface area contributed by atoms with E-state index in [0.29, 0.717) is 0 Å². The van der Waals surface area contributed by atoms with Crippen molar-refractivity contribution in [3.05, 3.63) is 0 Å². The summed E-state index contributed by atoms with van der Waals surface area (Å²) in [6.45, 7) is 6.88. The highest BCUT2D eigenvalue weighted by atomic mass is 16.1. The zero-order chi connectivity index (χ0) is 10.6. The molecule has 0 amide bonds. The smallest absolute Gasteiger partial charge is 0.106 e. The highest BCUT2D eigenvalue weighted by Crippen LogP contribution is 2.44. The van der Waals surface area contributed by atoms with E-state index in [1.54, 1.807) is 0 Å². The molecule has 0 radical (unpaired) electrons. The second-order valence-corrected chi connectivity index (χ2v) is 5.36. The topological polar surface area (TPSA) is 17.1 Å². The molecule has 1 heteroatoms. The summed E-state index contributed by atoms with van der Waals surface area (Å²) in [6.07, 6.45) is 9.17. The zero-order valence-corrected chi connectivity index (χ0v) is 9.67. The van der Waals surface area contributed by atoms with Gasteiger partial charge in [-0.05, 0) is 49.4 Å². The van der Waals surface area contributed by atoms with Gasteiger partial charge < -0.3 is 4.79 Å². The van der Waals surface area contributed by atoms with Crippen LogP contribution in [0.5, 0.6) is 0 Å². The molecule has 4 unspecified atom stereocenters. The van der Waals surface area contributed by atoms with E-state index < -0.39 is 0 Å². The van der Waals surface area contributed by atoms with Gasteiger partial charge in [-0.3, -0.25) is 0 Å². The molecule has 0 aromatic heterocycles. The highest BCUT2D eigenvalue weighted by Gasteiger charge is 2.32. The lowest BCUT2D eigenvalue weighted by Gasteiger charge is -2.40. The lowest BCUT2D eigenvalue weighted by molar-refractivity contribution is -0.0979. The monoisotopic (exact) mass is 196 g/mol. The van der Waals surface area contributed by atoms with Gasteiger partial charge in [0.2, 0.25) is 0 Å². The first-order valence-corrected chi connectivity index (χ1v) is 6.04. The van der Waals surface area contributed by atoms with Gasteiger partial charge in [-0.25, -0.2) is 0 Å². The summed E-state index contributed by atoms with van der Waals surface area (Å²) in [5.41, 5.74) is 0. The molecule has 0 aromatic carbocycles. The molecular weight excluding hydrogens is 172 g/mol. The Balaban J connectivity index is 0.000000461. The highest BCUT2D eigenvalue weighted by molar-refractivity contribution is 5.10. The Hall–Kier alpha value is -0.330. The second kappa shape index (κ2) is 5.53. The third kappa shape index (κ3) is 2.83. The number of fused-ring (bicyclic) bond motifs is 1. The second-order valence-electron chi connectivity index (χ2n) is 5.36. The molecular formula is C13H24O. The van der Waals surface area contributed by atoms with Gasteiger partial charge in [-0.15, -0.1) is 0 Å². The third-order valence-corrected chi connectivity index (χ3v) is 4.14. The van der Waals surface area contributed by atoms with E-state index in [1.165, 1.54) is 38.5 Å². The van der Waals surface area contributed by atoms with Crippen LogP contribution in [0.1, 0.15) is 52.4 Å². The van der Waals surface area contributed by atoms with Crippen LogP contribution in [-0.2, 0) is 4.79 Å². The summed E-state index contributed by atoms with van der Waals surface area (Å²) >= 11 is 0. The van der Waals surface area contributed by atoms with E-state index in [2.05, 4.69) is 13.8 Å². The van der Waals surface area contributed by atoms with Gasteiger partial charge in [-0.2, -0.15) is 0 Å². The quantitative estimate of drug-likeness (QED) is 0.577. The molecule has 0 N–H and O–H groups in total. The first-order valence-electron chi connectivity index (χ1n) is 6.04. The predicted molar refractivity (Wildman–Crippen MR) is 60.1 cm³/mol. The van der Waals surface area contributed by atoms with Gasteiger partial charge in [0.05, 0.1) is 0 Å². The first kappa shape index (κ1) is 11.7. The zero-order valence-electron chi connectivity index (χ0n) is 9.67. The SMILES string of the molecule is C=O.CC1CCC2CC(C)CCC2C1. The van der Waals surface area contributed by atoms with Crippen molar-refractivity contribution in [3.8, 4) is 0 Å². The van der Waals surface area contributed by atoms with Crippen LogP contribution in [0.25, 0.3) is 0 Å². The maximum Gasteiger partial charge on any atom is 0.106 e. The van der Waals surface area contributed by atoms with Gasteiger partial charge >= 0.3 is 0 Å². The standard InChI is InChI=1S/C12H22.CH2O/c1-9-3-5-12-8-10(2)4-6-11(12)7-9;1-2/h9-12H,3-8H2,1-2H3;1H2. The summed E-state index contributed by atoms with van der Waals surface area (Å²) in [4.78, 5) is 8.00. The predicted octanol–water partition coefficient (Wildman–Crippen LogP) is 3.67. The molecule has 0 aliphatic heterocycles. The number of hydrogen-bond acceptors (Lipinski definition) is 1. The lowest BCUT2D eigenvalue weighted by Crippen LogP contribution is -2.29. The Bertz CT molecular complexity index is 149. The Labute approximate surface area is 88.3 Å². The van der Waals surface area contributed by atoms with Crippen LogP contribution < -0.4 is 0 Å². The van der Waals surface area contributed by atoms with Crippen molar-refractivity contribution in [2.75, 3.05) is 0 Å². The summed E-state index contributed by atoms with van der Waals surface area (Å²) in [5.74, 6) is 4.29. The van der Waals surface area contributed by atoms with Crippen LogP contribution >= 0.6 is 0 Å². The average molecular weight is 196 g/mol. The fourth-order valence-corrected chi connectivity index (χ4v) is 3.36. The Morgan fingerprint density at radius 2 is 1.14 bits per heavy atom. The van der Waals surface area contributed by atoms with Crippen molar-refractivity contribution >= 4 is 6.79 Å². The molecule has 2 aliphatic rings. The van der Waals surface area contributed by atoms with Crippen molar-refractivity contribution in [1.29, 1.82) is 0 Å². The molecule has 0 saturated heterocycles. The van der Waals surface area contributed by atoms with Gasteiger partial charge in [0.1, 0.15) is 6.79 Å². The lowest BCUT2D eigenvalue weighted by atomic mass is 9.65. The number of carbonyl (C=O) groups is 1. The molecule has 14 heavy (non-hydrogen) atoms. The maximum atomic E-state index is 8.00. The molecule has 2 aliphatic carbocycles. The van der Waals surface area contributed by atoms with Gasteiger partial charge in [-0.1, -0.05) is 26.7 Å². The largest absolute Gasteiger partial charge is 0.307 e. The normalized spacial score (nSPS) is 41.9. The summed E-state index contributed by atoms with van der Waals surface area (Å²) in [7, 11) is 0. The van der Waals surface area contributed by atoms with Gasteiger partial charge in [0, 0.05) is 0 Å². The Morgan fingerprint density at radius 3 is 1.50 bits per heavy atom. The minimum Gasteiger partial charge on any atom is -0.307 e. The molecule has 1 nitrogen and oxygen atoms in total. The van der Waals surface area contributed by atoms with Crippen LogP contribution in [0.15, 0.2) is 0 Å². The van der Waals surface area contributed by atoms with E-state index in [1.807, 2.05) is 6.79 Å². The van der Waals surface area contributed by atoms with Crippen LogP contribution in [0.4, 0.5) is 0 Å². The van der Waals surface area contributed by atoms with Crippen LogP contribution in [0.2, 0.25) is 0 Å². The van der Waals surface area contributed by atoms with Crippen molar-refractivity contribution in [2.45, 2.75) is 52.4 Å². The summed E-state index contributed by atoms with van der Waals surface area (Å²) in [5, 5.41) is 0. The molecule has 0 heterocycles. The van der Waals surface area contributed by atoms with E-state index in [0.717, 1.165) is 23.7 Å². The molecule has 2 saturated carbocycles. The molecule has 0 spiro atoms. The molecule has 2 fully saturated rings. The van der Waals surface area contributed by atoms with E-state index in [4.69, 9.17) is 4.79 Å². The third-order valence-electron chi connectivity index (χ3n) is 4.14. The number of hydrogen-bond donors (Lipinski definition) is 0. The molecule has 0 aromatic rings. The molecule has 4 atom stereocenters. The maximum absolute atomic E-state index is 8.00. The van der Waals surface area contributed by atoms with Crippen molar-refractivity contribution in [1.82, 2.24) is 0 Å². The van der Waals surface area contributed by atoms with Crippen molar-refractivity contribution in [3.63, 3.8) is 0 Å². The number of rotatable bonds is 0. The van der Waals surface area contributed by atoms with Crippen LogP contribution in [-0.4, -0.2) is 6.79 Å². The van der Waals surface area contributed by atoms with Gasteiger partial charge in [0.25, 0.3) is 0 Å². The first-order chi connectivity index (χ1) is 6.75. The molecule has 82 valence electrons. The minimum absolute atomic E-state index is 1.03. The Morgan fingerprint density at radius 1 is 0.786 bits per heavy atom. The Kier molecular flexibility index (Phi) is 4.64. The van der Waals surface area contributed by atoms with E-state index in [9.17, 15) is 0 Å². The number of carbonyl (C=O) groups excluding carboxylic acids is 1. The summed E-state index contributed by atoms with van der Waals surface area (Å²) in [6, 6.07) is 0. The van der Waals surface area contributed by atoms with Crippen LogP contribution in [0, 0.1) is 23.7 Å². The van der Waals surface area contributed by atoms with Crippen molar-refractivity contribution in [2.24, 2.45) is 23.7 Å². The minimum atomic E-state index is 1.03. The fourth-order valence-electron chi connectivity index (χ4n) is 3.36. The van der Waals surface area contributed by atoms with E-state index in [-0.39, 0.29) is 0 Å². The van der Waals surface area contributed by atoms with Gasteiger partial charge in [0.15, 0.2) is 0 Å². The molecule has 0 bridgehead atoms. The van der Waals surface area contributed by atoms with Crippen LogP contribution in [0.3, 0.4) is 0 Å². The average Bonchev–Trinajstić information content (AvgIpc) is 2.21.